The van der Waals surface area contributed by atoms with E-state index in [1.807, 2.05) is 42.1 Å². The number of aromatic nitrogens is 1. The Kier molecular flexibility index (Phi) is 4.59. The fourth-order valence-corrected chi connectivity index (χ4v) is 3.81. The molecule has 1 amide bonds. The molecule has 1 aliphatic carbocycles. The van der Waals surface area contributed by atoms with Gasteiger partial charge in [0.15, 0.2) is 6.23 Å². The van der Waals surface area contributed by atoms with Crippen molar-refractivity contribution in [2.24, 2.45) is 12.8 Å². The minimum absolute atomic E-state index is 0.286. The lowest BCUT2D eigenvalue weighted by Gasteiger charge is -2.10. The summed E-state index contributed by atoms with van der Waals surface area (Å²) >= 11 is 0. The van der Waals surface area contributed by atoms with Gasteiger partial charge in [0.25, 0.3) is 5.91 Å². The molecule has 6 heteroatoms. The third-order valence-corrected chi connectivity index (χ3v) is 4.96. The molecule has 1 aliphatic heterocycles. The Bertz CT molecular complexity index is 1050. The van der Waals surface area contributed by atoms with Gasteiger partial charge in [-0.25, -0.2) is 0 Å². The van der Waals surface area contributed by atoms with Crippen LogP contribution in [-0.4, -0.2) is 35.0 Å². The van der Waals surface area contributed by atoms with E-state index >= 15 is 0 Å². The molecular weight excluding hydrogens is 342 g/mol. The summed E-state index contributed by atoms with van der Waals surface area (Å²) < 4.78 is 7.64. The molecule has 2 aliphatic rings. The number of benzene rings is 1. The van der Waals surface area contributed by atoms with Crippen LogP contribution in [0.4, 0.5) is 0 Å². The van der Waals surface area contributed by atoms with Gasteiger partial charge in [0, 0.05) is 41.5 Å². The minimum atomic E-state index is -1.04. The second kappa shape index (κ2) is 7.06. The molecule has 1 unspecified atom stereocenters. The Labute approximate surface area is 157 Å². The maximum absolute atomic E-state index is 12.7. The fourth-order valence-electron chi connectivity index (χ4n) is 3.81. The van der Waals surface area contributed by atoms with Crippen molar-refractivity contribution in [2.75, 3.05) is 13.2 Å². The Morgan fingerprint density at radius 1 is 1.33 bits per heavy atom. The lowest BCUT2D eigenvalue weighted by atomic mass is 9.95. The van der Waals surface area contributed by atoms with E-state index in [2.05, 4.69) is 17.5 Å². The number of nitrogens with one attached hydrogen (secondary N) is 1. The summed E-state index contributed by atoms with van der Waals surface area (Å²) in [5.74, 6) is 0.361. The van der Waals surface area contributed by atoms with Crippen molar-refractivity contribution in [3.8, 4) is 5.75 Å². The number of rotatable bonds is 5. The van der Waals surface area contributed by atoms with Crippen molar-refractivity contribution in [2.45, 2.75) is 19.1 Å². The standard InChI is InChI=1S/C21H23N3O3/c1-24-12-16(15-7-2-3-8-17(15)24)19-18(20(25)23-21(19)26)13-5-4-6-14(11-13)27-10-9-22/h4-8,11-12,21,26H,2-3,9-10,22H2,1H3,(H,23,25). The third-order valence-electron chi connectivity index (χ3n) is 4.96. The molecule has 0 fully saturated rings. The highest BCUT2D eigenvalue weighted by Gasteiger charge is 2.33. The van der Waals surface area contributed by atoms with Crippen LogP contribution in [0, 0.1) is 0 Å². The molecule has 1 aromatic heterocycles. The Morgan fingerprint density at radius 2 is 2.15 bits per heavy atom. The number of fused-ring (bicyclic) bond motifs is 1. The number of carbonyl (C=O) groups is 1. The highest BCUT2D eigenvalue weighted by atomic mass is 16.5. The van der Waals surface area contributed by atoms with Crippen LogP contribution in [-0.2, 0) is 11.8 Å². The summed E-state index contributed by atoms with van der Waals surface area (Å²) in [7, 11) is 1.98. The van der Waals surface area contributed by atoms with Crippen LogP contribution in [0.1, 0.15) is 24.0 Å². The minimum Gasteiger partial charge on any atom is -0.492 e. The van der Waals surface area contributed by atoms with Gasteiger partial charge in [-0.1, -0.05) is 24.3 Å². The quantitative estimate of drug-likeness (QED) is 0.700. The Hall–Kier alpha value is -2.83. The molecule has 4 rings (SSSR count). The van der Waals surface area contributed by atoms with E-state index in [1.165, 1.54) is 0 Å². The smallest absolute Gasteiger partial charge is 0.254 e. The van der Waals surface area contributed by atoms with Crippen LogP contribution in [0.3, 0.4) is 0 Å². The van der Waals surface area contributed by atoms with E-state index in [-0.39, 0.29) is 5.91 Å². The van der Waals surface area contributed by atoms with Gasteiger partial charge >= 0.3 is 0 Å². The summed E-state index contributed by atoms with van der Waals surface area (Å²) in [6.45, 7) is 0.820. The maximum atomic E-state index is 12.7. The average molecular weight is 365 g/mol. The number of carbonyl (C=O) groups excluding carboxylic acids is 1. The first kappa shape index (κ1) is 17.6. The highest BCUT2D eigenvalue weighted by Crippen LogP contribution is 2.33. The van der Waals surface area contributed by atoms with E-state index in [0.717, 1.165) is 29.0 Å². The molecule has 0 spiro atoms. The van der Waals surface area contributed by atoms with Crippen LogP contribution < -0.4 is 26.4 Å². The first-order valence-electron chi connectivity index (χ1n) is 9.12. The van der Waals surface area contributed by atoms with E-state index < -0.39 is 6.23 Å². The van der Waals surface area contributed by atoms with Crippen LogP contribution >= 0.6 is 0 Å². The first-order valence-corrected chi connectivity index (χ1v) is 9.12. The van der Waals surface area contributed by atoms with Gasteiger partial charge in [0.1, 0.15) is 12.4 Å². The van der Waals surface area contributed by atoms with Gasteiger partial charge in [0.2, 0.25) is 0 Å². The summed E-state index contributed by atoms with van der Waals surface area (Å²) in [5.41, 5.74) is 8.19. The topological polar surface area (TPSA) is 89.5 Å². The second-order valence-corrected chi connectivity index (χ2v) is 6.77. The summed E-state index contributed by atoms with van der Waals surface area (Å²) in [4.78, 5) is 12.7. The molecule has 1 aromatic carbocycles. The number of ether oxygens (including phenoxy) is 1. The zero-order valence-electron chi connectivity index (χ0n) is 15.2. The number of nitrogens with zero attached hydrogens (tertiary/aromatic N) is 1. The molecule has 0 bridgehead atoms. The Morgan fingerprint density at radius 3 is 2.96 bits per heavy atom. The number of aliphatic hydroxyl groups is 1. The van der Waals surface area contributed by atoms with Crippen LogP contribution in [0.25, 0.3) is 23.3 Å². The molecule has 1 atom stereocenters. The number of aliphatic hydroxyl groups excluding tert-OH is 1. The normalized spacial score (nSPS) is 18.6. The van der Waals surface area contributed by atoms with Gasteiger partial charge in [-0.3, -0.25) is 4.79 Å². The molecule has 0 saturated carbocycles. The van der Waals surface area contributed by atoms with Crippen LogP contribution in [0.15, 0.2) is 30.5 Å². The molecule has 140 valence electrons. The zero-order chi connectivity index (χ0) is 19.0. The number of hydrogen-bond donors (Lipinski definition) is 3. The Balaban J connectivity index is 1.90. The maximum Gasteiger partial charge on any atom is 0.254 e. The SMILES string of the molecule is Cn1cc(C2=C(c3cccc(OCCN)c3)C(=O)NC2O)c2c1=CCCC=2. The van der Waals surface area contributed by atoms with E-state index in [4.69, 9.17) is 10.5 Å². The molecule has 2 aromatic rings. The highest BCUT2D eigenvalue weighted by molar-refractivity contribution is 6.30. The van der Waals surface area contributed by atoms with Crippen molar-refractivity contribution in [1.82, 2.24) is 9.88 Å². The third kappa shape index (κ3) is 3.07. The zero-order valence-corrected chi connectivity index (χ0v) is 15.2. The molecule has 0 saturated heterocycles. The van der Waals surface area contributed by atoms with Gasteiger partial charge < -0.3 is 25.5 Å². The lowest BCUT2D eigenvalue weighted by Crippen LogP contribution is -2.32. The van der Waals surface area contributed by atoms with E-state index in [9.17, 15) is 9.90 Å². The van der Waals surface area contributed by atoms with Crippen molar-refractivity contribution >= 4 is 29.2 Å². The van der Waals surface area contributed by atoms with Crippen molar-refractivity contribution in [3.05, 3.63) is 52.2 Å². The molecule has 6 nitrogen and oxygen atoms in total. The number of aryl methyl sites for hydroxylation is 1. The molecule has 27 heavy (non-hydrogen) atoms. The molecule has 2 heterocycles. The van der Waals surface area contributed by atoms with Gasteiger partial charge in [0.05, 0.1) is 5.57 Å². The van der Waals surface area contributed by atoms with Gasteiger partial charge in [-0.2, -0.15) is 0 Å². The molecule has 4 N–H and O–H groups in total. The van der Waals surface area contributed by atoms with Crippen molar-refractivity contribution < 1.29 is 14.6 Å². The lowest BCUT2D eigenvalue weighted by molar-refractivity contribution is -0.116. The number of nitrogens with two attached hydrogens (primary N) is 1. The predicted molar refractivity (Wildman–Crippen MR) is 105 cm³/mol. The number of amides is 1. The van der Waals surface area contributed by atoms with E-state index in [0.29, 0.717) is 35.6 Å². The van der Waals surface area contributed by atoms with Crippen LogP contribution in [0.2, 0.25) is 0 Å². The van der Waals surface area contributed by atoms with Crippen molar-refractivity contribution in [1.29, 1.82) is 0 Å². The first-order chi connectivity index (χ1) is 13.1. The molecule has 0 radical (unpaired) electrons. The summed E-state index contributed by atoms with van der Waals surface area (Å²) in [6.07, 6.45) is 7.25. The monoisotopic (exact) mass is 365 g/mol. The molecular formula is C21H23N3O3. The summed E-state index contributed by atoms with van der Waals surface area (Å²) in [6, 6.07) is 7.33. The fraction of sp³-hybridized carbons (Fsp3) is 0.286. The van der Waals surface area contributed by atoms with Gasteiger partial charge in [-0.05, 0) is 30.5 Å². The summed E-state index contributed by atoms with van der Waals surface area (Å²) in [5, 5.41) is 15.4. The number of hydrogen-bond acceptors (Lipinski definition) is 4. The van der Waals surface area contributed by atoms with Gasteiger partial charge in [-0.15, -0.1) is 0 Å². The second-order valence-electron chi connectivity index (χ2n) is 6.77. The van der Waals surface area contributed by atoms with Crippen LogP contribution in [0.5, 0.6) is 5.75 Å². The average Bonchev–Trinajstić information content (AvgIpc) is 3.16. The predicted octanol–water partition coefficient (Wildman–Crippen LogP) is 0.0764. The van der Waals surface area contributed by atoms with Crippen molar-refractivity contribution in [3.63, 3.8) is 0 Å². The largest absolute Gasteiger partial charge is 0.492 e. The van der Waals surface area contributed by atoms with E-state index in [1.54, 1.807) is 0 Å².